The van der Waals surface area contributed by atoms with Gasteiger partial charge in [-0.3, -0.25) is 4.98 Å². The molecule has 0 spiro atoms. The lowest BCUT2D eigenvalue weighted by Crippen LogP contribution is -2.37. The van der Waals surface area contributed by atoms with Crippen LogP contribution in [0.5, 0.6) is 5.75 Å². The van der Waals surface area contributed by atoms with Crippen LogP contribution < -0.4 is 10.1 Å². The summed E-state index contributed by atoms with van der Waals surface area (Å²) in [4.78, 5) is 4.02. The molecule has 0 aliphatic rings. The summed E-state index contributed by atoms with van der Waals surface area (Å²) in [5.41, 5.74) is 1.09. The molecule has 2 rings (SSSR count). The first-order chi connectivity index (χ1) is 10.3. The molecule has 0 aliphatic heterocycles. The summed E-state index contributed by atoms with van der Waals surface area (Å²) in [6.07, 6.45) is 5.38. The van der Waals surface area contributed by atoms with Gasteiger partial charge in [0.1, 0.15) is 12.4 Å². The molecule has 0 fully saturated rings. The van der Waals surface area contributed by atoms with Gasteiger partial charge in [0.15, 0.2) is 0 Å². The van der Waals surface area contributed by atoms with E-state index in [1.807, 2.05) is 36.4 Å². The van der Waals surface area contributed by atoms with Gasteiger partial charge in [-0.2, -0.15) is 0 Å². The summed E-state index contributed by atoms with van der Waals surface area (Å²) < 4.78 is 5.86. The second-order valence-corrected chi connectivity index (χ2v) is 5.35. The zero-order chi connectivity index (χ0) is 14.9. The van der Waals surface area contributed by atoms with Gasteiger partial charge in [-0.15, -0.1) is 0 Å². The fourth-order valence-corrected chi connectivity index (χ4v) is 2.28. The van der Waals surface area contributed by atoms with Crippen molar-refractivity contribution in [2.45, 2.75) is 25.8 Å². The Bertz CT molecular complexity index is 533. The first-order valence-electron chi connectivity index (χ1n) is 7.29. The summed E-state index contributed by atoms with van der Waals surface area (Å²) in [7, 11) is 0. The van der Waals surface area contributed by atoms with E-state index in [-0.39, 0.29) is 6.04 Å². The van der Waals surface area contributed by atoms with Gasteiger partial charge < -0.3 is 10.1 Å². The standard InChI is InChI=1S/C17H21ClN2O/c1-2-9-20-15(11-14-8-10-19-12-17(14)18)13-21-16-6-4-3-5-7-16/h3-8,10,12,15,20H,2,9,11,13H2,1H3. The quantitative estimate of drug-likeness (QED) is 0.807. The Labute approximate surface area is 131 Å². The molecule has 1 aromatic carbocycles. The third kappa shape index (κ3) is 5.37. The summed E-state index contributed by atoms with van der Waals surface area (Å²) in [5.74, 6) is 0.890. The Morgan fingerprint density at radius 2 is 2.05 bits per heavy atom. The summed E-state index contributed by atoms with van der Waals surface area (Å²) in [5, 5.41) is 4.22. The Hall–Kier alpha value is -1.58. The van der Waals surface area contributed by atoms with E-state index in [9.17, 15) is 0 Å². The van der Waals surface area contributed by atoms with Crippen molar-refractivity contribution in [2.75, 3.05) is 13.2 Å². The molecule has 2 aromatic rings. The van der Waals surface area contributed by atoms with Crippen molar-refractivity contribution in [1.82, 2.24) is 10.3 Å². The summed E-state index contributed by atoms with van der Waals surface area (Å²) in [6, 6.07) is 12.1. The molecule has 1 unspecified atom stereocenters. The summed E-state index contributed by atoms with van der Waals surface area (Å²) >= 11 is 6.19. The van der Waals surface area contributed by atoms with Gasteiger partial charge in [0.25, 0.3) is 0 Å². The van der Waals surface area contributed by atoms with E-state index in [4.69, 9.17) is 16.3 Å². The van der Waals surface area contributed by atoms with E-state index in [0.29, 0.717) is 11.6 Å². The van der Waals surface area contributed by atoms with Crippen LogP contribution in [0.4, 0.5) is 0 Å². The highest BCUT2D eigenvalue weighted by Crippen LogP contribution is 2.16. The first-order valence-corrected chi connectivity index (χ1v) is 7.67. The molecule has 21 heavy (non-hydrogen) atoms. The topological polar surface area (TPSA) is 34.1 Å². The predicted molar refractivity (Wildman–Crippen MR) is 87.0 cm³/mol. The third-order valence-electron chi connectivity index (χ3n) is 3.20. The predicted octanol–water partition coefficient (Wildman–Crippen LogP) is 3.72. The maximum absolute atomic E-state index is 6.19. The molecule has 1 heterocycles. The number of nitrogens with zero attached hydrogens (tertiary/aromatic N) is 1. The number of rotatable bonds is 8. The largest absolute Gasteiger partial charge is 0.492 e. The van der Waals surface area contributed by atoms with E-state index in [2.05, 4.69) is 17.2 Å². The summed E-state index contributed by atoms with van der Waals surface area (Å²) in [6.45, 7) is 3.73. The minimum Gasteiger partial charge on any atom is -0.492 e. The monoisotopic (exact) mass is 304 g/mol. The second kappa shape index (κ2) is 8.65. The molecule has 0 amide bonds. The van der Waals surface area contributed by atoms with Gasteiger partial charge in [0.2, 0.25) is 0 Å². The number of benzene rings is 1. The van der Waals surface area contributed by atoms with Crippen LogP contribution in [0.25, 0.3) is 0 Å². The molecular formula is C17H21ClN2O. The molecule has 0 aliphatic carbocycles. The van der Waals surface area contributed by atoms with Crippen molar-refractivity contribution in [3.8, 4) is 5.75 Å². The Balaban J connectivity index is 1.96. The lowest BCUT2D eigenvalue weighted by Gasteiger charge is -2.19. The molecule has 4 heteroatoms. The van der Waals surface area contributed by atoms with Crippen molar-refractivity contribution in [1.29, 1.82) is 0 Å². The van der Waals surface area contributed by atoms with Gasteiger partial charge in [-0.05, 0) is 43.1 Å². The molecule has 0 saturated carbocycles. The number of ether oxygens (including phenoxy) is 1. The molecule has 0 radical (unpaired) electrons. The lowest BCUT2D eigenvalue weighted by atomic mass is 10.1. The van der Waals surface area contributed by atoms with Crippen LogP contribution in [-0.2, 0) is 6.42 Å². The number of pyridine rings is 1. The molecule has 1 aromatic heterocycles. The molecule has 1 atom stereocenters. The molecular weight excluding hydrogens is 284 g/mol. The highest BCUT2D eigenvalue weighted by atomic mass is 35.5. The van der Waals surface area contributed by atoms with Crippen LogP contribution in [0, 0.1) is 0 Å². The van der Waals surface area contributed by atoms with Crippen LogP contribution in [0.3, 0.4) is 0 Å². The SMILES string of the molecule is CCCNC(COc1ccccc1)Cc1ccncc1Cl. The Kier molecular flexibility index (Phi) is 6.51. The van der Waals surface area contributed by atoms with Crippen molar-refractivity contribution in [3.63, 3.8) is 0 Å². The van der Waals surface area contributed by atoms with Crippen molar-refractivity contribution in [3.05, 3.63) is 59.4 Å². The number of hydrogen-bond donors (Lipinski definition) is 1. The molecule has 112 valence electrons. The van der Waals surface area contributed by atoms with Crippen molar-refractivity contribution in [2.24, 2.45) is 0 Å². The van der Waals surface area contributed by atoms with Gasteiger partial charge in [0, 0.05) is 18.4 Å². The highest BCUT2D eigenvalue weighted by molar-refractivity contribution is 6.31. The lowest BCUT2D eigenvalue weighted by molar-refractivity contribution is 0.263. The zero-order valence-corrected chi connectivity index (χ0v) is 13.0. The molecule has 0 saturated heterocycles. The van der Waals surface area contributed by atoms with Gasteiger partial charge in [-0.1, -0.05) is 36.7 Å². The number of para-hydroxylation sites is 1. The van der Waals surface area contributed by atoms with E-state index in [1.54, 1.807) is 12.4 Å². The first kappa shape index (κ1) is 15.8. The minimum atomic E-state index is 0.227. The van der Waals surface area contributed by atoms with E-state index >= 15 is 0 Å². The minimum absolute atomic E-state index is 0.227. The number of nitrogens with one attached hydrogen (secondary N) is 1. The van der Waals surface area contributed by atoms with Gasteiger partial charge in [0.05, 0.1) is 5.02 Å². The average molecular weight is 305 g/mol. The normalized spacial score (nSPS) is 12.1. The highest BCUT2D eigenvalue weighted by Gasteiger charge is 2.12. The molecule has 1 N–H and O–H groups in total. The zero-order valence-electron chi connectivity index (χ0n) is 12.3. The molecule has 3 nitrogen and oxygen atoms in total. The smallest absolute Gasteiger partial charge is 0.119 e. The van der Waals surface area contributed by atoms with Crippen LogP contribution in [0.2, 0.25) is 5.02 Å². The van der Waals surface area contributed by atoms with Gasteiger partial charge in [-0.25, -0.2) is 0 Å². The Morgan fingerprint density at radius 3 is 2.76 bits per heavy atom. The van der Waals surface area contributed by atoms with Gasteiger partial charge >= 0.3 is 0 Å². The maximum atomic E-state index is 6.19. The Morgan fingerprint density at radius 1 is 1.24 bits per heavy atom. The number of hydrogen-bond acceptors (Lipinski definition) is 3. The van der Waals surface area contributed by atoms with Crippen molar-refractivity contribution >= 4 is 11.6 Å². The van der Waals surface area contributed by atoms with E-state index in [1.165, 1.54) is 0 Å². The second-order valence-electron chi connectivity index (χ2n) is 4.95. The van der Waals surface area contributed by atoms with Crippen molar-refractivity contribution < 1.29 is 4.74 Å². The fourth-order valence-electron chi connectivity index (χ4n) is 2.09. The van der Waals surface area contributed by atoms with Crippen LogP contribution >= 0.6 is 11.6 Å². The van der Waals surface area contributed by atoms with Crippen LogP contribution in [0.15, 0.2) is 48.8 Å². The van der Waals surface area contributed by atoms with Crippen LogP contribution in [0.1, 0.15) is 18.9 Å². The van der Waals surface area contributed by atoms with Crippen LogP contribution in [-0.4, -0.2) is 24.2 Å². The number of aromatic nitrogens is 1. The van der Waals surface area contributed by atoms with E-state index in [0.717, 1.165) is 30.7 Å². The fraction of sp³-hybridized carbons (Fsp3) is 0.353. The maximum Gasteiger partial charge on any atom is 0.119 e. The van der Waals surface area contributed by atoms with E-state index < -0.39 is 0 Å². The number of halogens is 1. The molecule has 0 bridgehead atoms. The third-order valence-corrected chi connectivity index (χ3v) is 3.54. The average Bonchev–Trinajstić information content (AvgIpc) is 2.53.